The summed E-state index contributed by atoms with van der Waals surface area (Å²) in [6.45, 7) is 10.0. The van der Waals surface area contributed by atoms with Crippen LogP contribution in [-0.2, 0) is 6.54 Å². The van der Waals surface area contributed by atoms with Crippen molar-refractivity contribution in [3.63, 3.8) is 0 Å². The molecule has 0 saturated carbocycles. The minimum atomic E-state index is -1.04. The van der Waals surface area contributed by atoms with Gasteiger partial charge in [0.25, 0.3) is 5.91 Å². The normalized spacial score (nSPS) is 11.0. The maximum absolute atomic E-state index is 13.0. The van der Waals surface area contributed by atoms with Gasteiger partial charge in [-0.2, -0.15) is 9.36 Å². The third-order valence-electron chi connectivity index (χ3n) is 8.16. The lowest BCUT2D eigenvalue weighted by Crippen LogP contribution is -2.23. The molecule has 1 amide bonds. The number of carbonyl (C=O) groups is 2. The van der Waals surface area contributed by atoms with Crippen molar-refractivity contribution in [3.05, 3.63) is 130 Å². The highest BCUT2D eigenvalue weighted by Crippen LogP contribution is 2.27. The molecule has 0 spiro atoms. The van der Waals surface area contributed by atoms with E-state index in [4.69, 9.17) is 23.2 Å². The van der Waals surface area contributed by atoms with Crippen molar-refractivity contribution in [2.24, 2.45) is 0 Å². The summed E-state index contributed by atoms with van der Waals surface area (Å²) in [6.07, 6.45) is 6.39. The Kier molecular flexibility index (Phi) is 12.1. The van der Waals surface area contributed by atoms with E-state index < -0.39 is 5.97 Å². The highest BCUT2D eigenvalue weighted by molar-refractivity contribution is 6.30. The standard InChI is InChI=1S/C22H21ClN8O.C16H14ClN5O2/c1-13(2)21-28-29-30-31(21)19-7-15(20-5-4-17(23)10-26-20)6-16(8-19)22(32)27-12-18-11-24-14(3)9-25-18;1-9(2)15-19-20-21-22(15)13-6-10(5-11(7-13)16(23)24)14-4-3-12(17)8-18-14/h4-11,13H,12H2,1-3H3,(H,27,32);3-9H,1-2H3,(H,23,24). The Morgan fingerprint density at radius 3 is 1.64 bits per heavy atom. The van der Waals surface area contributed by atoms with Crippen LogP contribution in [0.5, 0.6) is 0 Å². The number of carbonyl (C=O) groups excluding carboxylic acids is 1. The second-order valence-corrected chi connectivity index (χ2v) is 14.0. The van der Waals surface area contributed by atoms with Crippen LogP contribution in [0.15, 0.2) is 85.5 Å². The van der Waals surface area contributed by atoms with Crippen molar-refractivity contribution < 1.29 is 14.7 Å². The van der Waals surface area contributed by atoms with Crippen LogP contribution in [0.4, 0.5) is 0 Å². The van der Waals surface area contributed by atoms with Gasteiger partial charge in [0.2, 0.25) is 0 Å². The maximum atomic E-state index is 13.0. The fourth-order valence-corrected chi connectivity index (χ4v) is 5.59. The van der Waals surface area contributed by atoms with Gasteiger partial charge in [0.1, 0.15) is 0 Å². The van der Waals surface area contributed by atoms with Crippen molar-refractivity contribution in [2.75, 3.05) is 0 Å². The number of aromatic carboxylic acids is 1. The smallest absolute Gasteiger partial charge is 0.335 e. The Balaban J connectivity index is 0.000000198. The SMILES string of the molecule is CC(C)c1nnnn1-c1cc(C(=O)O)cc(-c2ccc(Cl)cn2)c1.Cc1cnc(CNC(=O)c2cc(-c3ccc(Cl)cn3)cc(-n3nnnc3C(C)C)c2)cn1. The molecule has 0 radical (unpaired) electrons. The number of aryl methyl sites for hydroxylation is 1. The predicted octanol–water partition coefficient (Wildman–Crippen LogP) is 6.73. The summed E-state index contributed by atoms with van der Waals surface area (Å²) < 4.78 is 3.17. The Labute approximate surface area is 331 Å². The van der Waals surface area contributed by atoms with Crippen LogP contribution in [-0.4, -0.2) is 77.3 Å². The molecule has 16 nitrogen and oxygen atoms in total. The number of nitrogens with zero attached hydrogens (tertiary/aromatic N) is 12. The fourth-order valence-electron chi connectivity index (χ4n) is 5.37. The average molecular weight is 793 g/mol. The van der Waals surface area contributed by atoms with Crippen LogP contribution in [0.2, 0.25) is 10.0 Å². The molecule has 18 heteroatoms. The van der Waals surface area contributed by atoms with Gasteiger partial charge < -0.3 is 10.4 Å². The molecular weight excluding hydrogens is 757 g/mol. The average Bonchev–Trinajstić information content (AvgIpc) is 3.90. The number of nitrogens with one attached hydrogen (secondary N) is 1. The molecule has 284 valence electrons. The van der Waals surface area contributed by atoms with E-state index in [1.807, 2.05) is 40.7 Å². The summed E-state index contributed by atoms with van der Waals surface area (Å²) in [4.78, 5) is 41.6. The monoisotopic (exact) mass is 791 g/mol. The van der Waals surface area contributed by atoms with E-state index in [9.17, 15) is 14.7 Å². The zero-order valence-corrected chi connectivity index (χ0v) is 32.3. The van der Waals surface area contributed by atoms with Gasteiger partial charge in [-0.05, 0) is 88.4 Å². The van der Waals surface area contributed by atoms with Crippen molar-refractivity contribution in [2.45, 2.75) is 53.0 Å². The predicted molar refractivity (Wildman–Crippen MR) is 208 cm³/mol. The zero-order chi connectivity index (χ0) is 39.9. The summed E-state index contributed by atoms with van der Waals surface area (Å²) in [5.74, 6) is 0.222. The lowest BCUT2D eigenvalue weighted by molar-refractivity contribution is 0.0696. The topological polar surface area (TPSA) is 205 Å². The van der Waals surface area contributed by atoms with Gasteiger partial charge in [-0.1, -0.05) is 50.9 Å². The van der Waals surface area contributed by atoms with Gasteiger partial charge in [0.05, 0.1) is 62.5 Å². The third-order valence-corrected chi connectivity index (χ3v) is 8.61. The lowest BCUT2D eigenvalue weighted by atomic mass is 10.0. The fraction of sp³-hybridized carbons (Fsp3) is 0.211. The number of carboxylic acids is 1. The zero-order valence-electron chi connectivity index (χ0n) is 30.8. The van der Waals surface area contributed by atoms with Crippen LogP contribution >= 0.6 is 23.2 Å². The maximum Gasteiger partial charge on any atom is 0.335 e. The number of benzene rings is 2. The second-order valence-electron chi connectivity index (χ2n) is 13.1. The summed E-state index contributed by atoms with van der Waals surface area (Å²) in [6, 6.07) is 17.3. The first-order chi connectivity index (χ1) is 26.9. The van der Waals surface area contributed by atoms with Gasteiger partial charge in [-0.25, -0.2) is 4.79 Å². The molecule has 5 heterocycles. The van der Waals surface area contributed by atoms with Gasteiger partial charge in [0.15, 0.2) is 11.6 Å². The first-order valence-electron chi connectivity index (χ1n) is 17.3. The van der Waals surface area contributed by atoms with Crippen LogP contribution in [0, 0.1) is 6.92 Å². The van der Waals surface area contributed by atoms with E-state index in [2.05, 4.69) is 56.3 Å². The minimum absolute atomic E-state index is 0.0885. The molecule has 2 N–H and O–H groups in total. The molecule has 56 heavy (non-hydrogen) atoms. The molecule has 0 unspecified atom stereocenters. The number of halogens is 2. The highest BCUT2D eigenvalue weighted by Gasteiger charge is 2.18. The molecule has 5 aromatic heterocycles. The van der Waals surface area contributed by atoms with Crippen molar-refractivity contribution in [1.82, 2.24) is 65.7 Å². The Bertz CT molecular complexity index is 2470. The van der Waals surface area contributed by atoms with Gasteiger partial charge in [0, 0.05) is 47.1 Å². The van der Waals surface area contributed by atoms with Crippen LogP contribution < -0.4 is 5.32 Å². The molecule has 0 saturated heterocycles. The molecule has 0 atom stereocenters. The van der Waals surface area contributed by atoms with E-state index in [1.165, 1.54) is 16.9 Å². The lowest BCUT2D eigenvalue weighted by Gasteiger charge is -2.12. The molecule has 0 fully saturated rings. The van der Waals surface area contributed by atoms with Crippen LogP contribution in [0.3, 0.4) is 0 Å². The first-order valence-corrected chi connectivity index (χ1v) is 18.0. The highest BCUT2D eigenvalue weighted by atomic mass is 35.5. The van der Waals surface area contributed by atoms with Crippen molar-refractivity contribution >= 4 is 35.1 Å². The van der Waals surface area contributed by atoms with Crippen LogP contribution in [0.25, 0.3) is 33.9 Å². The van der Waals surface area contributed by atoms with E-state index in [1.54, 1.807) is 71.8 Å². The second kappa shape index (κ2) is 17.3. The Hall–Kier alpha value is -6.52. The number of pyridine rings is 2. The van der Waals surface area contributed by atoms with E-state index in [-0.39, 0.29) is 29.9 Å². The van der Waals surface area contributed by atoms with Crippen LogP contribution in [0.1, 0.15) is 83.3 Å². The summed E-state index contributed by atoms with van der Waals surface area (Å²) in [7, 11) is 0. The van der Waals surface area contributed by atoms with Gasteiger partial charge >= 0.3 is 5.97 Å². The number of tetrazole rings is 2. The number of carboxylic acid groups (broad SMARTS) is 1. The van der Waals surface area contributed by atoms with E-state index in [0.717, 1.165) is 11.3 Å². The Morgan fingerprint density at radius 1 is 0.679 bits per heavy atom. The molecule has 7 aromatic rings. The molecule has 0 bridgehead atoms. The first kappa shape index (κ1) is 39.2. The summed E-state index contributed by atoms with van der Waals surface area (Å²) in [5, 5.41) is 37.0. The van der Waals surface area contributed by atoms with E-state index in [0.29, 0.717) is 61.3 Å². The summed E-state index contributed by atoms with van der Waals surface area (Å²) >= 11 is 11.9. The molecular formula is C38H35Cl2N13O3. The minimum Gasteiger partial charge on any atom is -0.478 e. The number of hydrogen-bond donors (Lipinski definition) is 2. The number of aromatic nitrogens is 12. The van der Waals surface area contributed by atoms with Gasteiger partial charge in [-0.15, -0.1) is 10.2 Å². The quantitative estimate of drug-likeness (QED) is 0.148. The van der Waals surface area contributed by atoms with Crippen molar-refractivity contribution in [1.29, 1.82) is 0 Å². The summed E-state index contributed by atoms with van der Waals surface area (Å²) in [5.41, 5.74) is 5.96. The largest absolute Gasteiger partial charge is 0.478 e. The molecule has 0 aliphatic rings. The molecule has 0 aliphatic heterocycles. The molecule has 7 rings (SSSR count). The van der Waals surface area contributed by atoms with E-state index >= 15 is 0 Å². The molecule has 0 aliphatic carbocycles. The number of rotatable bonds is 10. The number of hydrogen-bond acceptors (Lipinski definition) is 12. The van der Waals surface area contributed by atoms with Gasteiger partial charge in [-0.3, -0.25) is 24.7 Å². The Morgan fingerprint density at radius 2 is 1.20 bits per heavy atom. The number of amides is 1. The molecule has 2 aromatic carbocycles. The third kappa shape index (κ3) is 9.40. The van der Waals surface area contributed by atoms with Crippen molar-refractivity contribution in [3.8, 4) is 33.9 Å².